The maximum atomic E-state index is 12.2. The van der Waals surface area contributed by atoms with Crippen LogP contribution in [0.4, 0.5) is 19.0 Å². The Hall–Kier alpha value is -1.30. The summed E-state index contributed by atoms with van der Waals surface area (Å²) < 4.78 is 36.5. The Balaban J connectivity index is 2.60. The summed E-state index contributed by atoms with van der Waals surface area (Å²) in [5.41, 5.74) is 0.955. The van der Waals surface area contributed by atoms with E-state index in [9.17, 15) is 13.2 Å². The molecule has 3 nitrogen and oxygen atoms in total. The molecule has 1 aromatic heterocycles. The van der Waals surface area contributed by atoms with Crippen molar-refractivity contribution in [3.8, 4) is 0 Å². The largest absolute Gasteiger partial charge is 0.405 e. The molecule has 0 bridgehead atoms. The first-order valence-electron chi connectivity index (χ1n) is 5.36. The predicted octanol–water partition coefficient (Wildman–Crippen LogP) is 2.19. The van der Waals surface area contributed by atoms with Crippen LogP contribution in [0.2, 0.25) is 0 Å². The SMILES string of the molecule is CCNCc1ccc(N(C)CC(F)(F)F)nc1. The average molecular weight is 247 g/mol. The molecule has 1 heterocycles. The summed E-state index contributed by atoms with van der Waals surface area (Å²) in [6.45, 7) is 2.51. The third-order valence-electron chi connectivity index (χ3n) is 2.20. The van der Waals surface area contributed by atoms with Crippen molar-refractivity contribution < 1.29 is 13.2 Å². The fourth-order valence-corrected chi connectivity index (χ4v) is 1.37. The second kappa shape index (κ2) is 5.86. The smallest absolute Gasteiger partial charge is 0.351 e. The van der Waals surface area contributed by atoms with Crippen LogP contribution in [-0.2, 0) is 6.54 Å². The second-order valence-corrected chi connectivity index (χ2v) is 3.78. The number of anilines is 1. The molecule has 96 valence electrons. The van der Waals surface area contributed by atoms with E-state index in [1.165, 1.54) is 7.05 Å². The molecule has 0 aromatic carbocycles. The summed E-state index contributed by atoms with van der Waals surface area (Å²) in [4.78, 5) is 5.08. The minimum atomic E-state index is -4.21. The van der Waals surface area contributed by atoms with Gasteiger partial charge in [0, 0.05) is 19.8 Å². The van der Waals surface area contributed by atoms with Gasteiger partial charge in [0.05, 0.1) is 0 Å². The zero-order chi connectivity index (χ0) is 12.9. The van der Waals surface area contributed by atoms with E-state index in [4.69, 9.17) is 0 Å². The Labute approximate surface area is 98.6 Å². The van der Waals surface area contributed by atoms with E-state index >= 15 is 0 Å². The van der Waals surface area contributed by atoms with Crippen LogP contribution in [0.25, 0.3) is 0 Å². The third kappa shape index (κ3) is 5.04. The number of nitrogens with one attached hydrogen (secondary N) is 1. The molecule has 0 atom stereocenters. The zero-order valence-electron chi connectivity index (χ0n) is 9.88. The molecule has 0 fully saturated rings. The Morgan fingerprint density at radius 1 is 1.35 bits per heavy atom. The first-order chi connectivity index (χ1) is 7.92. The van der Waals surface area contributed by atoms with Crippen LogP contribution in [0.15, 0.2) is 18.3 Å². The number of nitrogens with zero attached hydrogens (tertiary/aromatic N) is 2. The van der Waals surface area contributed by atoms with Gasteiger partial charge in [-0.2, -0.15) is 13.2 Å². The summed E-state index contributed by atoms with van der Waals surface area (Å²) in [6, 6.07) is 3.37. The molecular weight excluding hydrogens is 231 g/mol. The van der Waals surface area contributed by atoms with Crippen molar-refractivity contribution in [3.05, 3.63) is 23.9 Å². The van der Waals surface area contributed by atoms with Gasteiger partial charge >= 0.3 is 6.18 Å². The first-order valence-corrected chi connectivity index (χ1v) is 5.36. The molecule has 17 heavy (non-hydrogen) atoms. The molecule has 6 heteroatoms. The standard InChI is InChI=1S/C11H16F3N3/c1-3-15-6-9-4-5-10(16-7-9)17(2)8-11(12,13)14/h4-5,7,15H,3,6,8H2,1-2H3. The van der Waals surface area contributed by atoms with Crippen LogP contribution in [0.3, 0.4) is 0 Å². The van der Waals surface area contributed by atoms with E-state index in [1.807, 2.05) is 6.92 Å². The minimum Gasteiger partial charge on any atom is -0.351 e. The van der Waals surface area contributed by atoms with Gasteiger partial charge in [0.25, 0.3) is 0 Å². The van der Waals surface area contributed by atoms with E-state index in [2.05, 4.69) is 10.3 Å². The van der Waals surface area contributed by atoms with Crippen LogP contribution in [-0.4, -0.2) is 31.3 Å². The number of hydrogen-bond donors (Lipinski definition) is 1. The van der Waals surface area contributed by atoms with Crippen LogP contribution >= 0.6 is 0 Å². The number of aromatic nitrogens is 1. The quantitative estimate of drug-likeness (QED) is 0.864. The molecule has 0 aliphatic rings. The maximum absolute atomic E-state index is 12.2. The Bertz CT molecular complexity index is 335. The molecule has 0 radical (unpaired) electrons. The topological polar surface area (TPSA) is 28.2 Å². The fraction of sp³-hybridized carbons (Fsp3) is 0.545. The highest BCUT2D eigenvalue weighted by Gasteiger charge is 2.29. The van der Waals surface area contributed by atoms with Crippen molar-refractivity contribution in [2.45, 2.75) is 19.6 Å². The predicted molar refractivity (Wildman–Crippen MR) is 60.9 cm³/mol. The van der Waals surface area contributed by atoms with Gasteiger partial charge < -0.3 is 10.2 Å². The van der Waals surface area contributed by atoms with E-state index in [0.29, 0.717) is 12.4 Å². The van der Waals surface area contributed by atoms with Gasteiger partial charge in [0.15, 0.2) is 0 Å². The Morgan fingerprint density at radius 3 is 2.53 bits per heavy atom. The molecule has 0 aliphatic heterocycles. The molecule has 0 unspecified atom stereocenters. The number of alkyl halides is 3. The van der Waals surface area contributed by atoms with Gasteiger partial charge in [-0.1, -0.05) is 13.0 Å². The lowest BCUT2D eigenvalue weighted by Crippen LogP contribution is -2.31. The van der Waals surface area contributed by atoms with Gasteiger partial charge in [0.2, 0.25) is 0 Å². The summed E-state index contributed by atoms with van der Waals surface area (Å²) in [6.07, 6.45) is -2.62. The summed E-state index contributed by atoms with van der Waals surface area (Å²) in [5.74, 6) is 0.322. The van der Waals surface area contributed by atoms with Gasteiger partial charge in [0.1, 0.15) is 12.4 Å². The molecule has 0 spiro atoms. The zero-order valence-corrected chi connectivity index (χ0v) is 9.88. The average Bonchev–Trinajstić information content (AvgIpc) is 2.24. The van der Waals surface area contributed by atoms with Crippen molar-refractivity contribution in [1.29, 1.82) is 0 Å². The molecule has 1 rings (SSSR count). The lowest BCUT2D eigenvalue weighted by molar-refractivity contribution is -0.119. The first kappa shape index (κ1) is 13.8. The van der Waals surface area contributed by atoms with E-state index in [0.717, 1.165) is 17.0 Å². The number of hydrogen-bond acceptors (Lipinski definition) is 3. The Kier molecular flexibility index (Phi) is 4.74. The van der Waals surface area contributed by atoms with Crippen molar-refractivity contribution in [2.75, 3.05) is 25.0 Å². The molecular formula is C11H16F3N3. The highest BCUT2D eigenvalue weighted by molar-refractivity contribution is 5.38. The molecule has 0 aliphatic carbocycles. The Morgan fingerprint density at radius 2 is 2.06 bits per heavy atom. The molecule has 0 saturated carbocycles. The lowest BCUT2D eigenvalue weighted by atomic mass is 10.3. The van der Waals surface area contributed by atoms with Crippen molar-refractivity contribution in [1.82, 2.24) is 10.3 Å². The van der Waals surface area contributed by atoms with Crippen LogP contribution < -0.4 is 10.2 Å². The highest BCUT2D eigenvalue weighted by atomic mass is 19.4. The summed E-state index contributed by atoms with van der Waals surface area (Å²) in [5, 5.41) is 3.12. The van der Waals surface area contributed by atoms with Crippen LogP contribution in [0.5, 0.6) is 0 Å². The summed E-state index contributed by atoms with van der Waals surface area (Å²) >= 11 is 0. The number of halogens is 3. The van der Waals surface area contributed by atoms with Gasteiger partial charge in [-0.15, -0.1) is 0 Å². The number of rotatable bonds is 5. The second-order valence-electron chi connectivity index (χ2n) is 3.78. The van der Waals surface area contributed by atoms with Gasteiger partial charge in [-0.3, -0.25) is 0 Å². The van der Waals surface area contributed by atoms with Gasteiger partial charge in [-0.05, 0) is 18.2 Å². The summed E-state index contributed by atoms with van der Waals surface area (Å²) in [7, 11) is 1.37. The molecule has 1 N–H and O–H groups in total. The van der Waals surface area contributed by atoms with E-state index in [-0.39, 0.29) is 0 Å². The van der Waals surface area contributed by atoms with Crippen LogP contribution in [0.1, 0.15) is 12.5 Å². The van der Waals surface area contributed by atoms with E-state index in [1.54, 1.807) is 18.3 Å². The molecule has 1 aromatic rings. The maximum Gasteiger partial charge on any atom is 0.405 e. The molecule has 0 saturated heterocycles. The monoisotopic (exact) mass is 247 g/mol. The van der Waals surface area contributed by atoms with Crippen molar-refractivity contribution in [2.24, 2.45) is 0 Å². The highest BCUT2D eigenvalue weighted by Crippen LogP contribution is 2.19. The van der Waals surface area contributed by atoms with Crippen molar-refractivity contribution in [3.63, 3.8) is 0 Å². The van der Waals surface area contributed by atoms with Crippen molar-refractivity contribution >= 4 is 5.82 Å². The number of pyridine rings is 1. The third-order valence-corrected chi connectivity index (χ3v) is 2.20. The van der Waals surface area contributed by atoms with Crippen LogP contribution in [0, 0.1) is 0 Å². The fourth-order valence-electron chi connectivity index (χ4n) is 1.37. The molecule has 0 amide bonds. The lowest BCUT2D eigenvalue weighted by Gasteiger charge is -2.19. The van der Waals surface area contributed by atoms with Gasteiger partial charge in [-0.25, -0.2) is 4.98 Å². The van der Waals surface area contributed by atoms with E-state index < -0.39 is 12.7 Å². The minimum absolute atomic E-state index is 0.322. The normalized spacial score (nSPS) is 11.6.